The van der Waals surface area contributed by atoms with Gasteiger partial charge in [0.25, 0.3) is 0 Å². The highest BCUT2D eigenvalue weighted by molar-refractivity contribution is 4.95. The van der Waals surface area contributed by atoms with Gasteiger partial charge in [0.05, 0.1) is 11.7 Å². The number of hydrogen-bond acceptors (Lipinski definition) is 3. The summed E-state index contributed by atoms with van der Waals surface area (Å²) in [4.78, 5) is 0. The number of rotatable bonds is 5. The highest BCUT2D eigenvalue weighted by Crippen LogP contribution is 2.43. The highest BCUT2D eigenvalue weighted by Gasteiger charge is 2.43. The van der Waals surface area contributed by atoms with Gasteiger partial charge >= 0.3 is 0 Å². The van der Waals surface area contributed by atoms with Crippen LogP contribution in [0, 0.1) is 5.92 Å². The predicted molar refractivity (Wildman–Crippen MR) is 47.6 cm³/mol. The standard InChI is InChI=1S/C9H19NO2/c1-2-9(12,7-3-4-7)5-8(11)6-10/h7-8,11-12H,2-6,10H2,1H3/t8-,9+/m1/s1. The molecule has 3 nitrogen and oxygen atoms in total. The van der Waals surface area contributed by atoms with E-state index in [1.807, 2.05) is 6.92 Å². The van der Waals surface area contributed by atoms with Gasteiger partial charge in [-0.1, -0.05) is 6.92 Å². The Hall–Kier alpha value is -0.120. The smallest absolute Gasteiger partial charge is 0.0698 e. The summed E-state index contributed by atoms with van der Waals surface area (Å²) in [6.45, 7) is 2.20. The Kier molecular flexibility index (Phi) is 3.09. The molecule has 12 heavy (non-hydrogen) atoms. The molecule has 0 aromatic heterocycles. The number of aliphatic hydroxyl groups excluding tert-OH is 1. The first kappa shape index (κ1) is 9.96. The molecule has 2 atom stereocenters. The molecule has 0 saturated heterocycles. The van der Waals surface area contributed by atoms with Crippen molar-refractivity contribution in [3.63, 3.8) is 0 Å². The minimum absolute atomic E-state index is 0.245. The summed E-state index contributed by atoms with van der Waals surface area (Å²) in [7, 11) is 0. The topological polar surface area (TPSA) is 66.5 Å². The average molecular weight is 173 g/mol. The Morgan fingerprint density at radius 3 is 2.50 bits per heavy atom. The minimum atomic E-state index is -0.654. The third kappa shape index (κ3) is 2.19. The second kappa shape index (κ2) is 3.73. The van der Waals surface area contributed by atoms with Crippen LogP contribution in [0.1, 0.15) is 32.6 Å². The van der Waals surface area contributed by atoms with Crippen LogP contribution in [0.2, 0.25) is 0 Å². The highest BCUT2D eigenvalue weighted by atomic mass is 16.3. The SMILES string of the molecule is CC[C@](O)(C[C@@H](O)CN)C1CC1. The Bertz CT molecular complexity index is 147. The van der Waals surface area contributed by atoms with Crippen LogP contribution in [0.4, 0.5) is 0 Å². The van der Waals surface area contributed by atoms with Gasteiger partial charge in [-0.3, -0.25) is 0 Å². The van der Waals surface area contributed by atoms with Crippen molar-refractivity contribution in [2.75, 3.05) is 6.54 Å². The summed E-state index contributed by atoms with van der Waals surface area (Å²) in [6, 6.07) is 0. The van der Waals surface area contributed by atoms with Crippen molar-refractivity contribution >= 4 is 0 Å². The number of aliphatic hydroxyl groups is 2. The Balaban J connectivity index is 2.42. The van der Waals surface area contributed by atoms with Crippen LogP contribution in [0.25, 0.3) is 0 Å². The van der Waals surface area contributed by atoms with Gasteiger partial charge in [0.2, 0.25) is 0 Å². The van der Waals surface area contributed by atoms with Crippen molar-refractivity contribution in [3.05, 3.63) is 0 Å². The van der Waals surface area contributed by atoms with Crippen molar-refractivity contribution in [2.24, 2.45) is 11.7 Å². The number of nitrogens with two attached hydrogens (primary N) is 1. The normalized spacial score (nSPS) is 25.0. The molecule has 0 heterocycles. The fourth-order valence-electron chi connectivity index (χ4n) is 1.71. The first-order chi connectivity index (χ1) is 5.62. The van der Waals surface area contributed by atoms with E-state index < -0.39 is 11.7 Å². The summed E-state index contributed by atoms with van der Waals surface area (Å²) in [5, 5.41) is 19.4. The molecule has 0 radical (unpaired) electrons. The monoisotopic (exact) mass is 173 g/mol. The molecular weight excluding hydrogens is 154 g/mol. The number of hydrogen-bond donors (Lipinski definition) is 3. The van der Waals surface area contributed by atoms with Gasteiger partial charge in [-0.15, -0.1) is 0 Å². The molecule has 0 spiro atoms. The van der Waals surface area contributed by atoms with E-state index in [2.05, 4.69) is 0 Å². The third-order valence-electron chi connectivity index (χ3n) is 2.81. The molecule has 1 aliphatic carbocycles. The van der Waals surface area contributed by atoms with Gasteiger partial charge in [0.15, 0.2) is 0 Å². The predicted octanol–water partition coefficient (Wildman–Crippen LogP) is 0.247. The van der Waals surface area contributed by atoms with E-state index in [0.717, 1.165) is 12.8 Å². The Morgan fingerprint density at radius 2 is 2.17 bits per heavy atom. The average Bonchev–Trinajstić information content (AvgIpc) is 2.86. The van der Waals surface area contributed by atoms with Crippen LogP contribution < -0.4 is 5.73 Å². The fraction of sp³-hybridized carbons (Fsp3) is 1.00. The molecule has 1 rings (SSSR count). The lowest BCUT2D eigenvalue weighted by Crippen LogP contribution is -2.37. The molecule has 1 aliphatic rings. The minimum Gasteiger partial charge on any atom is -0.392 e. The van der Waals surface area contributed by atoms with E-state index in [1.54, 1.807) is 0 Å². The summed E-state index contributed by atoms with van der Waals surface area (Å²) < 4.78 is 0. The fourth-order valence-corrected chi connectivity index (χ4v) is 1.71. The van der Waals surface area contributed by atoms with Crippen LogP contribution >= 0.6 is 0 Å². The van der Waals surface area contributed by atoms with Gasteiger partial charge < -0.3 is 15.9 Å². The summed E-state index contributed by atoms with van der Waals surface area (Å²) >= 11 is 0. The molecule has 3 heteroatoms. The quantitative estimate of drug-likeness (QED) is 0.558. The van der Waals surface area contributed by atoms with E-state index >= 15 is 0 Å². The zero-order chi connectivity index (χ0) is 9.19. The third-order valence-corrected chi connectivity index (χ3v) is 2.81. The summed E-state index contributed by atoms with van der Waals surface area (Å²) in [5.41, 5.74) is 4.64. The molecule has 1 saturated carbocycles. The van der Waals surface area contributed by atoms with E-state index in [4.69, 9.17) is 5.73 Å². The largest absolute Gasteiger partial charge is 0.392 e. The maximum absolute atomic E-state index is 10.0. The second-order valence-electron chi connectivity index (χ2n) is 3.83. The molecule has 0 unspecified atom stereocenters. The van der Waals surface area contributed by atoms with E-state index in [9.17, 15) is 10.2 Å². The van der Waals surface area contributed by atoms with E-state index in [-0.39, 0.29) is 6.54 Å². The molecule has 0 aromatic rings. The van der Waals surface area contributed by atoms with Crippen molar-refractivity contribution in [2.45, 2.75) is 44.3 Å². The lowest BCUT2D eigenvalue weighted by atomic mass is 9.88. The lowest BCUT2D eigenvalue weighted by molar-refractivity contribution is -0.0292. The van der Waals surface area contributed by atoms with E-state index in [1.165, 1.54) is 0 Å². The van der Waals surface area contributed by atoms with Gasteiger partial charge in [0, 0.05) is 13.0 Å². The molecule has 0 bridgehead atoms. The summed E-state index contributed by atoms with van der Waals surface area (Å²) in [6.07, 6.45) is 2.80. The van der Waals surface area contributed by atoms with Crippen LogP contribution in [0.15, 0.2) is 0 Å². The molecule has 0 aliphatic heterocycles. The molecule has 72 valence electrons. The first-order valence-corrected chi connectivity index (χ1v) is 4.73. The molecule has 4 N–H and O–H groups in total. The van der Waals surface area contributed by atoms with Gasteiger partial charge in [0.1, 0.15) is 0 Å². The molecular formula is C9H19NO2. The Labute approximate surface area is 73.6 Å². The van der Waals surface area contributed by atoms with Crippen molar-refractivity contribution in [1.82, 2.24) is 0 Å². The zero-order valence-corrected chi connectivity index (χ0v) is 7.66. The molecule has 0 amide bonds. The van der Waals surface area contributed by atoms with Crippen LogP contribution in [-0.4, -0.2) is 28.5 Å². The van der Waals surface area contributed by atoms with Crippen LogP contribution in [-0.2, 0) is 0 Å². The first-order valence-electron chi connectivity index (χ1n) is 4.73. The van der Waals surface area contributed by atoms with Crippen molar-refractivity contribution in [3.8, 4) is 0 Å². The molecule has 0 aromatic carbocycles. The summed E-state index contributed by atoms with van der Waals surface area (Å²) in [5.74, 6) is 0.406. The maximum Gasteiger partial charge on any atom is 0.0698 e. The van der Waals surface area contributed by atoms with Gasteiger partial charge in [-0.2, -0.15) is 0 Å². The maximum atomic E-state index is 10.0. The van der Waals surface area contributed by atoms with E-state index in [0.29, 0.717) is 18.8 Å². The van der Waals surface area contributed by atoms with Crippen LogP contribution in [0.3, 0.4) is 0 Å². The van der Waals surface area contributed by atoms with Crippen molar-refractivity contribution < 1.29 is 10.2 Å². The molecule has 1 fully saturated rings. The van der Waals surface area contributed by atoms with Gasteiger partial charge in [-0.05, 0) is 25.2 Å². The second-order valence-corrected chi connectivity index (χ2v) is 3.83. The van der Waals surface area contributed by atoms with Crippen LogP contribution in [0.5, 0.6) is 0 Å². The Morgan fingerprint density at radius 1 is 1.58 bits per heavy atom. The van der Waals surface area contributed by atoms with Gasteiger partial charge in [-0.25, -0.2) is 0 Å². The van der Waals surface area contributed by atoms with Crippen molar-refractivity contribution in [1.29, 1.82) is 0 Å². The zero-order valence-electron chi connectivity index (χ0n) is 7.66. The lowest BCUT2D eigenvalue weighted by Gasteiger charge is -2.28.